The first kappa shape index (κ1) is 26.7. The summed E-state index contributed by atoms with van der Waals surface area (Å²) in [4.78, 5) is 47.7. The Hall–Kier alpha value is -2.38. The van der Waals surface area contributed by atoms with E-state index in [1.807, 2.05) is 0 Å². The Balaban J connectivity index is 1.77. The number of esters is 4. The van der Waals surface area contributed by atoms with Gasteiger partial charge in [-0.2, -0.15) is 0 Å². The Labute approximate surface area is 213 Å². The van der Waals surface area contributed by atoms with E-state index in [1.165, 1.54) is 27.7 Å². The van der Waals surface area contributed by atoms with Crippen LogP contribution in [0, 0.1) is 34.0 Å². The average molecular weight is 505 g/mol. The standard InChI is InChI=1S/C28H40O8/c1-16(29)33-14-21-13-28-12-20(21)7-8-22(28)26(5)10-9-24(35-18(3)31)27(6,15-34-17(2)30)23(26)11-25(28)36-19(4)32/h13,20,22-25H,7-12,14-15H2,1-6H3/t20-,22+,23+,24-,25+,26+,27-,28-/m1/s1. The summed E-state index contributed by atoms with van der Waals surface area (Å²) < 4.78 is 22.9. The molecule has 0 saturated heterocycles. The van der Waals surface area contributed by atoms with Crippen molar-refractivity contribution in [3.05, 3.63) is 11.6 Å². The van der Waals surface area contributed by atoms with Gasteiger partial charge in [0.15, 0.2) is 0 Å². The second-order valence-electron chi connectivity index (χ2n) is 12.0. The fraction of sp³-hybridized carbons (Fsp3) is 0.786. The molecule has 3 saturated carbocycles. The lowest BCUT2D eigenvalue weighted by Gasteiger charge is -2.66. The van der Waals surface area contributed by atoms with Gasteiger partial charge in [-0.25, -0.2) is 0 Å². The molecule has 4 aliphatic rings. The summed E-state index contributed by atoms with van der Waals surface area (Å²) in [5, 5.41) is 0. The van der Waals surface area contributed by atoms with Gasteiger partial charge in [0.1, 0.15) is 25.4 Å². The maximum absolute atomic E-state index is 12.3. The minimum Gasteiger partial charge on any atom is -0.465 e. The molecule has 0 N–H and O–H groups in total. The monoisotopic (exact) mass is 504 g/mol. The first-order valence-corrected chi connectivity index (χ1v) is 13.1. The molecule has 36 heavy (non-hydrogen) atoms. The normalized spacial score (nSPS) is 40.7. The molecule has 2 bridgehead atoms. The quantitative estimate of drug-likeness (QED) is 0.302. The second-order valence-corrected chi connectivity index (χ2v) is 12.0. The lowest BCUT2D eigenvalue weighted by molar-refractivity contribution is -0.236. The van der Waals surface area contributed by atoms with Crippen LogP contribution in [0.15, 0.2) is 11.6 Å². The lowest BCUT2D eigenvalue weighted by Crippen LogP contribution is -2.65. The Morgan fingerprint density at radius 2 is 1.47 bits per heavy atom. The maximum Gasteiger partial charge on any atom is 0.302 e. The zero-order chi connectivity index (χ0) is 26.5. The summed E-state index contributed by atoms with van der Waals surface area (Å²) in [7, 11) is 0. The summed E-state index contributed by atoms with van der Waals surface area (Å²) in [5.41, 5.74) is 0.0412. The predicted octanol–water partition coefficient (Wildman–Crippen LogP) is 4.15. The van der Waals surface area contributed by atoms with Gasteiger partial charge in [0, 0.05) is 38.5 Å². The van der Waals surface area contributed by atoms with Crippen molar-refractivity contribution in [2.45, 2.75) is 92.3 Å². The molecule has 0 aromatic rings. The van der Waals surface area contributed by atoms with Gasteiger partial charge in [0.2, 0.25) is 0 Å². The third kappa shape index (κ3) is 4.45. The van der Waals surface area contributed by atoms with Gasteiger partial charge in [0.05, 0.1) is 0 Å². The van der Waals surface area contributed by atoms with E-state index in [4.69, 9.17) is 18.9 Å². The van der Waals surface area contributed by atoms with Gasteiger partial charge in [0.25, 0.3) is 0 Å². The molecule has 0 heterocycles. The number of carbonyl (C=O) groups excluding carboxylic acids is 4. The van der Waals surface area contributed by atoms with Crippen LogP contribution in [-0.2, 0) is 38.1 Å². The molecule has 4 rings (SSSR count). The Morgan fingerprint density at radius 1 is 0.833 bits per heavy atom. The zero-order valence-corrected chi connectivity index (χ0v) is 22.4. The number of rotatable bonds is 6. The Morgan fingerprint density at radius 3 is 2.08 bits per heavy atom. The molecule has 0 aromatic carbocycles. The summed E-state index contributed by atoms with van der Waals surface area (Å²) in [6, 6.07) is 0. The van der Waals surface area contributed by atoms with Crippen LogP contribution in [0.2, 0.25) is 0 Å². The molecular formula is C28H40O8. The van der Waals surface area contributed by atoms with E-state index < -0.39 is 11.5 Å². The van der Waals surface area contributed by atoms with Crippen LogP contribution in [-0.4, -0.2) is 49.3 Å². The highest BCUT2D eigenvalue weighted by Gasteiger charge is 2.69. The smallest absolute Gasteiger partial charge is 0.302 e. The highest BCUT2D eigenvalue weighted by Crippen LogP contribution is 2.71. The van der Waals surface area contributed by atoms with E-state index in [0.717, 1.165) is 31.3 Å². The maximum atomic E-state index is 12.3. The van der Waals surface area contributed by atoms with E-state index in [9.17, 15) is 19.2 Å². The van der Waals surface area contributed by atoms with Crippen molar-refractivity contribution < 1.29 is 38.1 Å². The van der Waals surface area contributed by atoms with Gasteiger partial charge in [-0.15, -0.1) is 0 Å². The second kappa shape index (κ2) is 9.49. The number of carbonyl (C=O) groups is 4. The van der Waals surface area contributed by atoms with Crippen molar-refractivity contribution in [3.63, 3.8) is 0 Å². The molecule has 8 heteroatoms. The molecule has 8 atom stereocenters. The van der Waals surface area contributed by atoms with Crippen molar-refractivity contribution in [2.75, 3.05) is 13.2 Å². The molecule has 0 radical (unpaired) electrons. The fourth-order valence-corrected chi connectivity index (χ4v) is 8.50. The van der Waals surface area contributed by atoms with Crippen molar-refractivity contribution in [1.29, 1.82) is 0 Å². The van der Waals surface area contributed by atoms with Crippen LogP contribution >= 0.6 is 0 Å². The van der Waals surface area contributed by atoms with Gasteiger partial charge in [-0.05, 0) is 67.3 Å². The molecule has 3 fully saturated rings. The summed E-state index contributed by atoms with van der Waals surface area (Å²) in [5.74, 6) is -0.806. The number of hydrogen-bond acceptors (Lipinski definition) is 8. The molecule has 8 nitrogen and oxygen atoms in total. The largest absolute Gasteiger partial charge is 0.465 e. The topological polar surface area (TPSA) is 105 Å². The average Bonchev–Trinajstić information content (AvgIpc) is 3.05. The molecule has 0 aliphatic heterocycles. The highest BCUT2D eigenvalue weighted by atomic mass is 16.6. The molecule has 4 aliphatic carbocycles. The van der Waals surface area contributed by atoms with E-state index >= 15 is 0 Å². The molecule has 0 aromatic heterocycles. The first-order chi connectivity index (χ1) is 16.8. The van der Waals surface area contributed by atoms with Gasteiger partial charge >= 0.3 is 23.9 Å². The van der Waals surface area contributed by atoms with Gasteiger partial charge in [-0.3, -0.25) is 19.2 Å². The van der Waals surface area contributed by atoms with E-state index in [-0.39, 0.29) is 65.9 Å². The van der Waals surface area contributed by atoms with Crippen molar-refractivity contribution in [2.24, 2.45) is 34.0 Å². The summed E-state index contributed by atoms with van der Waals surface area (Å²) in [6.45, 7) is 10.5. The Kier molecular flexibility index (Phi) is 7.03. The van der Waals surface area contributed by atoms with Crippen LogP contribution in [0.1, 0.15) is 80.1 Å². The van der Waals surface area contributed by atoms with Crippen LogP contribution in [0.5, 0.6) is 0 Å². The van der Waals surface area contributed by atoms with Crippen LogP contribution < -0.4 is 0 Å². The molecule has 0 amide bonds. The minimum atomic E-state index is -0.621. The van der Waals surface area contributed by atoms with Gasteiger partial charge in [-0.1, -0.05) is 19.9 Å². The summed E-state index contributed by atoms with van der Waals surface area (Å²) >= 11 is 0. The zero-order valence-electron chi connectivity index (χ0n) is 22.4. The van der Waals surface area contributed by atoms with E-state index in [1.54, 1.807) is 0 Å². The number of hydrogen-bond donors (Lipinski definition) is 0. The first-order valence-electron chi connectivity index (χ1n) is 13.1. The Bertz CT molecular complexity index is 971. The number of fused-ring (bicyclic) bond motifs is 3. The minimum absolute atomic E-state index is 0.00453. The third-order valence-corrected chi connectivity index (χ3v) is 9.79. The molecule has 200 valence electrons. The molecule has 1 spiro atoms. The predicted molar refractivity (Wildman–Crippen MR) is 129 cm³/mol. The van der Waals surface area contributed by atoms with E-state index in [2.05, 4.69) is 19.9 Å². The summed E-state index contributed by atoms with van der Waals surface area (Å²) in [6.07, 6.45) is 6.49. The lowest BCUT2D eigenvalue weighted by atomic mass is 9.40. The van der Waals surface area contributed by atoms with Crippen LogP contribution in [0.25, 0.3) is 0 Å². The highest BCUT2D eigenvalue weighted by molar-refractivity contribution is 5.67. The SMILES string of the molecule is CC(=O)OCC1=C[C@]23C[C@H]1CC[C@H]2[C@]1(C)CC[C@@H](OC(C)=O)[C@](C)(COC(C)=O)[C@H]1C[C@@H]3OC(C)=O. The van der Waals surface area contributed by atoms with Crippen LogP contribution in [0.3, 0.4) is 0 Å². The van der Waals surface area contributed by atoms with Crippen molar-refractivity contribution in [3.8, 4) is 0 Å². The van der Waals surface area contributed by atoms with Crippen molar-refractivity contribution in [1.82, 2.24) is 0 Å². The third-order valence-electron chi connectivity index (χ3n) is 9.79. The van der Waals surface area contributed by atoms with Crippen molar-refractivity contribution >= 4 is 23.9 Å². The molecular weight excluding hydrogens is 464 g/mol. The molecule has 0 unspecified atom stereocenters. The fourth-order valence-electron chi connectivity index (χ4n) is 8.50. The van der Waals surface area contributed by atoms with E-state index in [0.29, 0.717) is 18.8 Å². The number of ether oxygens (including phenoxy) is 4. The van der Waals surface area contributed by atoms with Gasteiger partial charge < -0.3 is 18.9 Å². The van der Waals surface area contributed by atoms with Crippen LogP contribution in [0.4, 0.5) is 0 Å².